The highest BCUT2D eigenvalue weighted by Crippen LogP contribution is 2.66. The normalized spacial score (nSPS) is 45.4. The van der Waals surface area contributed by atoms with Gasteiger partial charge in [-0.1, -0.05) is 57.9 Å². The first-order valence-electron chi connectivity index (χ1n) is 13.2. The van der Waals surface area contributed by atoms with Crippen molar-refractivity contribution in [3.05, 3.63) is 23.3 Å². The quantitative estimate of drug-likeness (QED) is 0.454. The molecule has 4 rings (SSSR count). The molecule has 0 unspecified atom stereocenters. The Morgan fingerprint density at radius 1 is 1.07 bits per heavy atom. The fourth-order valence-electron chi connectivity index (χ4n) is 8.86. The molecule has 30 heavy (non-hydrogen) atoms. The predicted molar refractivity (Wildman–Crippen MR) is 128 cm³/mol. The van der Waals surface area contributed by atoms with Crippen molar-refractivity contribution in [2.45, 2.75) is 112 Å². The molecule has 0 aromatic carbocycles. The van der Waals surface area contributed by atoms with Crippen molar-refractivity contribution in [3.8, 4) is 0 Å². The van der Waals surface area contributed by atoms with Gasteiger partial charge < -0.3 is 5.11 Å². The summed E-state index contributed by atoms with van der Waals surface area (Å²) in [4.78, 5) is 0. The summed E-state index contributed by atoms with van der Waals surface area (Å²) in [5.74, 6) is 4.36. The fourth-order valence-corrected chi connectivity index (χ4v) is 8.86. The average molecular weight is 413 g/mol. The number of allylic oxidation sites excluding steroid dienone is 3. The number of rotatable bonds is 5. The summed E-state index contributed by atoms with van der Waals surface area (Å²) in [6.45, 7) is 18.8. The molecule has 1 nitrogen and oxygen atoms in total. The molecule has 0 heterocycles. The Hall–Kier alpha value is -0.560. The summed E-state index contributed by atoms with van der Waals surface area (Å²) < 4.78 is 0. The lowest BCUT2D eigenvalue weighted by Crippen LogP contribution is -2.51. The monoisotopic (exact) mass is 412 g/mol. The van der Waals surface area contributed by atoms with Crippen LogP contribution in [0.5, 0.6) is 0 Å². The summed E-state index contributed by atoms with van der Waals surface area (Å²) >= 11 is 0. The lowest BCUT2D eigenvalue weighted by molar-refractivity contribution is -0.0779. The van der Waals surface area contributed by atoms with E-state index < -0.39 is 0 Å². The highest BCUT2D eigenvalue weighted by Gasteiger charge is 2.56. The molecule has 3 saturated carbocycles. The van der Waals surface area contributed by atoms with E-state index in [0.29, 0.717) is 22.7 Å². The third-order valence-electron chi connectivity index (χ3n) is 11.1. The average Bonchev–Trinajstić information content (AvgIpc) is 3.06. The van der Waals surface area contributed by atoms with Crippen LogP contribution in [0.2, 0.25) is 0 Å². The molecule has 0 aliphatic heterocycles. The molecule has 1 heteroatoms. The van der Waals surface area contributed by atoms with Crippen LogP contribution in [0.3, 0.4) is 0 Å². The molecule has 0 amide bonds. The Kier molecular flexibility index (Phi) is 6.10. The highest BCUT2D eigenvalue weighted by molar-refractivity contribution is 5.35. The number of aliphatic hydroxyl groups excluding tert-OH is 1. The van der Waals surface area contributed by atoms with E-state index in [0.717, 1.165) is 30.1 Å². The Morgan fingerprint density at radius 3 is 2.50 bits per heavy atom. The summed E-state index contributed by atoms with van der Waals surface area (Å²) in [7, 11) is 0. The second kappa shape index (κ2) is 8.09. The molecular weight excluding hydrogens is 364 g/mol. The molecule has 4 aliphatic carbocycles. The van der Waals surface area contributed by atoms with Gasteiger partial charge in [0.1, 0.15) is 0 Å². The van der Waals surface area contributed by atoms with Gasteiger partial charge in [0.15, 0.2) is 0 Å². The van der Waals surface area contributed by atoms with E-state index in [2.05, 4.69) is 48.1 Å². The van der Waals surface area contributed by atoms with E-state index in [1.54, 1.807) is 0 Å². The van der Waals surface area contributed by atoms with Crippen molar-refractivity contribution >= 4 is 0 Å². The molecule has 9 atom stereocenters. The topological polar surface area (TPSA) is 20.2 Å². The van der Waals surface area contributed by atoms with Crippen LogP contribution in [-0.2, 0) is 0 Å². The molecule has 0 spiro atoms. The fraction of sp³-hybridized carbons (Fsp3) is 0.862. The van der Waals surface area contributed by atoms with Crippen molar-refractivity contribution < 1.29 is 5.11 Å². The zero-order valence-electron chi connectivity index (χ0n) is 20.8. The van der Waals surface area contributed by atoms with Crippen LogP contribution in [0.25, 0.3) is 0 Å². The van der Waals surface area contributed by atoms with Gasteiger partial charge in [-0.2, -0.15) is 0 Å². The number of hydrogen-bond acceptors (Lipinski definition) is 1. The first kappa shape index (κ1) is 22.6. The molecule has 0 aromatic heterocycles. The van der Waals surface area contributed by atoms with Gasteiger partial charge in [-0.3, -0.25) is 0 Å². The molecule has 0 saturated heterocycles. The van der Waals surface area contributed by atoms with Crippen LogP contribution in [0.4, 0.5) is 0 Å². The Morgan fingerprint density at radius 2 is 1.80 bits per heavy atom. The third kappa shape index (κ3) is 3.46. The van der Waals surface area contributed by atoms with Crippen molar-refractivity contribution in [1.29, 1.82) is 0 Å². The first-order valence-corrected chi connectivity index (χ1v) is 13.2. The van der Waals surface area contributed by atoms with Gasteiger partial charge in [-0.05, 0) is 117 Å². The molecule has 4 aliphatic rings. The molecule has 3 fully saturated rings. The van der Waals surface area contributed by atoms with Gasteiger partial charge in [0, 0.05) is 0 Å². The number of hydrogen-bond donors (Lipinski definition) is 1. The third-order valence-corrected chi connectivity index (χ3v) is 11.1. The number of aliphatic hydroxyl groups is 1. The summed E-state index contributed by atoms with van der Waals surface area (Å²) in [5, 5.41) is 10.5. The summed E-state index contributed by atoms with van der Waals surface area (Å²) in [5.41, 5.74) is 6.04. The zero-order chi connectivity index (χ0) is 21.8. The van der Waals surface area contributed by atoms with Crippen molar-refractivity contribution in [2.75, 3.05) is 0 Å². The van der Waals surface area contributed by atoms with Crippen LogP contribution in [-0.4, -0.2) is 11.2 Å². The minimum atomic E-state index is -0.0653. The lowest BCUT2D eigenvalue weighted by atomic mass is 9.47. The minimum absolute atomic E-state index is 0.0653. The maximum absolute atomic E-state index is 10.5. The zero-order valence-corrected chi connectivity index (χ0v) is 20.8. The van der Waals surface area contributed by atoms with Crippen molar-refractivity contribution in [1.82, 2.24) is 0 Å². The molecular formula is C29H48O. The van der Waals surface area contributed by atoms with Crippen LogP contribution in [0.15, 0.2) is 23.3 Å². The van der Waals surface area contributed by atoms with Crippen LogP contribution in [0.1, 0.15) is 106 Å². The maximum atomic E-state index is 10.5. The van der Waals surface area contributed by atoms with Gasteiger partial charge in [0.2, 0.25) is 0 Å². The minimum Gasteiger partial charge on any atom is -0.393 e. The standard InChI is InChI=1S/C29H48O/c1-18(2)19(3)8-9-20(4)23-12-13-25-22-10-11-24-21(5)27(30)15-17-29(24,7)26(22)14-16-28(23,25)6/h19-21,23-24,26-27,30H,1,8-17H2,2-7H3/t19-,20+,21-,23+,24-,26-,27-,28+,29-/m0/s1. The summed E-state index contributed by atoms with van der Waals surface area (Å²) in [6.07, 6.45) is 13.1. The van der Waals surface area contributed by atoms with Gasteiger partial charge in [-0.15, -0.1) is 0 Å². The smallest absolute Gasteiger partial charge is 0.0568 e. The van der Waals surface area contributed by atoms with E-state index in [1.165, 1.54) is 63.4 Å². The van der Waals surface area contributed by atoms with Gasteiger partial charge in [0.05, 0.1) is 6.10 Å². The van der Waals surface area contributed by atoms with Crippen LogP contribution >= 0.6 is 0 Å². The van der Waals surface area contributed by atoms with Crippen LogP contribution < -0.4 is 0 Å². The van der Waals surface area contributed by atoms with E-state index >= 15 is 0 Å². The SMILES string of the molecule is C=C(C)[C@@H](C)CC[C@@H](C)[C@H]1CCC2=C3CC[C@H]4[C@H](C)[C@@H](O)CC[C@]4(C)[C@H]3CC[C@@]21C. The molecule has 0 aromatic rings. The Balaban J connectivity index is 1.55. The van der Waals surface area contributed by atoms with E-state index in [4.69, 9.17) is 0 Å². The molecule has 0 radical (unpaired) electrons. The largest absolute Gasteiger partial charge is 0.393 e. The van der Waals surface area contributed by atoms with Crippen molar-refractivity contribution in [2.24, 2.45) is 46.3 Å². The second-order valence-corrected chi connectivity index (χ2v) is 12.6. The molecule has 170 valence electrons. The van der Waals surface area contributed by atoms with Crippen LogP contribution in [0, 0.1) is 46.3 Å². The van der Waals surface area contributed by atoms with E-state index in [9.17, 15) is 5.11 Å². The van der Waals surface area contributed by atoms with Gasteiger partial charge in [-0.25, -0.2) is 0 Å². The number of fused-ring (bicyclic) bond motifs is 4. The highest BCUT2D eigenvalue weighted by atomic mass is 16.3. The lowest BCUT2D eigenvalue weighted by Gasteiger charge is -2.58. The van der Waals surface area contributed by atoms with E-state index in [1.807, 2.05) is 11.1 Å². The molecule has 0 bridgehead atoms. The molecule has 1 N–H and O–H groups in total. The maximum Gasteiger partial charge on any atom is 0.0568 e. The van der Waals surface area contributed by atoms with Gasteiger partial charge >= 0.3 is 0 Å². The first-order chi connectivity index (χ1) is 14.1. The summed E-state index contributed by atoms with van der Waals surface area (Å²) in [6, 6.07) is 0. The predicted octanol–water partition coefficient (Wildman–Crippen LogP) is 7.94. The van der Waals surface area contributed by atoms with Crippen molar-refractivity contribution in [3.63, 3.8) is 0 Å². The second-order valence-electron chi connectivity index (χ2n) is 12.6. The Bertz CT molecular complexity index is 703. The van der Waals surface area contributed by atoms with E-state index in [-0.39, 0.29) is 6.10 Å². The van der Waals surface area contributed by atoms with Gasteiger partial charge in [0.25, 0.3) is 0 Å². The Labute approximate surface area is 186 Å².